The summed E-state index contributed by atoms with van der Waals surface area (Å²) >= 11 is 0. The highest BCUT2D eigenvalue weighted by Crippen LogP contribution is 2.38. The molecule has 0 aromatic heterocycles. The van der Waals surface area contributed by atoms with Gasteiger partial charge in [-0.3, -0.25) is 24.6 Å². The summed E-state index contributed by atoms with van der Waals surface area (Å²) in [5.41, 5.74) is 6.31. The summed E-state index contributed by atoms with van der Waals surface area (Å²) in [5.74, 6) is -0.718. The Morgan fingerprint density at radius 3 is 2.11 bits per heavy atom. The Balaban J connectivity index is 1.20. The molecule has 4 N–H and O–H groups in total. The van der Waals surface area contributed by atoms with Gasteiger partial charge in [0.2, 0.25) is 11.8 Å². The number of aliphatic hydroxyl groups excluding tert-OH is 1. The van der Waals surface area contributed by atoms with Crippen molar-refractivity contribution in [1.29, 1.82) is 0 Å². The minimum Gasteiger partial charge on any atom is -0.392 e. The standard InChI is InChI=1S/C34H42N4O6/c39-24-26-9-11-27(12-10-26)31-21-30(23-38-19-17-37(18-20-38)22-25-5-2-1-3-6-25)43-34(44-31)28-13-15-29(16-14-28)35-32(40)7-4-8-33(41)36-42/h1-3,5-6,9-16,30-31,34,39,42H,4,7-8,17-24H2,(H,35,40)(H,36,41). The number of hydrogen-bond donors (Lipinski definition) is 4. The van der Waals surface area contributed by atoms with Crippen molar-refractivity contribution in [2.45, 2.75) is 57.3 Å². The Morgan fingerprint density at radius 2 is 1.43 bits per heavy atom. The number of benzene rings is 3. The van der Waals surface area contributed by atoms with Crippen molar-refractivity contribution in [3.8, 4) is 0 Å². The second-order valence-electron chi connectivity index (χ2n) is 11.5. The van der Waals surface area contributed by atoms with Gasteiger partial charge in [-0.15, -0.1) is 0 Å². The van der Waals surface area contributed by atoms with Crippen LogP contribution in [-0.4, -0.2) is 70.8 Å². The van der Waals surface area contributed by atoms with E-state index in [1.807, 2.05) is 48.5 Å². The molecule has 3 atom stereocenters. The fourth-order valence-electron chi connectivity index (χ4n) is 5.71. The first-order chi connectivity index (χ1) is 21.5. The summed E-state index contributed by atoms with van der Waals surface area (Å²) in [5, 5.41) is 20.9. The molecule has 10 nitrogen and oxygen atoms in total. The molecule has 0 aliphatic carbocycles. The molecule has 3 aromatic carbocycles. The number of hydrogen-bond acceptors (Lipinski definition) is 8. The molecule has 0 spiro atoms. The normalized spacial score (nSPS) is 21.1. The predicted molar refractivity (Wildman–Crippen MR) is 165 cm³/mol. The Morgan fingerprint density at radius 1 is 0.773 bits per heavy atom. The molecule has 0 radical (unpaired) electrons. The van der Waals surface area contributed by atoms with Crippen molar-refractivity contribution in [2.24, 2.45) is 0 Å². The topological polar surface area (TPSA) is 124 Å². The van der Waals surface area contributed by atoms with Crippen LogP contribution in [-0.2, 0) is 32.2 Å². The maximum absolute atomic E-state index is 12.3. The number of piperazine rings is 1. The van der Waals surface area contributed by atoms with Gasteiger partial charge in [0.1, 0.15) is 0 Å². The zero-order valence-corrected chi connectivity index (χ0v) is 24.9. The third-order valence-electron chi connectivity index (χ3n) is 8.19. The molecule has 2 saturated heterocycles. The van der Waals surface area contributed by atoms with E-state index in [4.69, 9.17) is 14.7 Å². The van der Waals surface area contributed by atoms with Gasteiger partial charge in [0.05, 0.1) is 18.8 Å². The van der Waals surface area contributed by atoms with Crippen molar-refractivity contribution in [3.63, 3.8) is 0 Å². The zero-order valence-electron chi connectivity index (χ0n) is 24.9. The van der Waals surface area contributed by atoms with Crippen molar-refractivity contribution in [1.82, 2.24) is 15.3 Å². The lowest BCUT2D eigenvalue weighted by Crippen LogP contribution is -2.49. The molecule has 2 fully saturated rings. The molecular weight excluding hydrogens is 560 g/mol. The van der Waals surface area contributed by atoms with Crippen LogP contribution >= 0.6 is 0 Å². The maximum atomic E-state index is 12.3. The quantitative estimate of drug-likeness (QED) is 0.180. The van der Waals surface area contributed by atoms with Gasteiger partial charge < -0.3 is 19.9 Å². The summed E-state index contributed by atoms with van der Waals surface area (Å²) in [7, 11) is 0. The average Bonchev–Trinajstić information content (AvgIpc) is 3.06. The van der Waals surface area contributed by atoms with E-state index in [9.17, 15) is 14.7 Å². The molecule has 2 heterocycles. The SMILES string of the molecule is O=C(CCCC(=O)Nc1ccc(C2OC(CN3CCN(Cc4ccccc4)CC3)CC(c3ccc(CO)cc3)O2)cc1)NO. The van der Waals surface area contributed by atoms with Crippen molar-refractivity contribution >= 4 is 17.5 Å². The van der Waals surface area contributed by atoms with Gasteiger partial charge in [0.25, 0.3) is 0 Å². The molecule has 2 amide bonds. The highest BCUT2D eigenvalue weighted by molar-refractivity contribution is 5.91. The van der Waals surface area contributed by atoms with Crippen LogP contribution in [0.4, 0.5) is 5.69 Å². The van der Waals surface area contributed by atoms with E-state index in [0.29, 0.717) is 12.1 Å². The van der Waals surface area contributed by atoms with Crippen LogP contribution in [0.15, 0.2) is 78.9 Å². The Kier molecular flexibility index (Phi) is 11.5. The van der Waals surface area contributed by atoms with Crippen molar-refractivity contribution in [3.05, 3.63) is 101 Å². The fraction of sp³-hybridized carbons (Fsp3) is 0.412. The monoisotopic (exact) mass is 602 g/mol. The number of nitrogens with one attached hydrogen (secondary N) is 2. The Bertz CT molecular complexity index is 1330. The fourth-order valence-corrected chi connectivity index (χ4v) is 5.71. The minimum atomic E-state index is -0.572. The molecule has 44 heavy (non-hydrogen) atoms. The van der Waals surface area contributed by atoms with E-state index >= 15 is 0 Å². The summed E-state index contributed by atoms with van der Waals surface area (Å²) in [6.07, 6.45) is 0.536. The molecule has 2 aliphatic heterocycles. The third-order valence-corrected chi connectivity index (χ3v) is 8.19. The molecule has 5 rings (SSSR count). The van der Waals surface area contributed by atoms with Gasteiger partial charge in [0, 0.05) is 69.8 Å². The first-order valence-electron chi connectivity index (χ1n) is 15.3. The van der Waals surface area contributed by atoms with Gasteiger partial charge in [-0.1, -0.05) is 66.7 Å². The smallest absolute Gasteiger partial charge is 0.243 e. The van der Waals surface area contributed by atoms with Gasteiger partial charge in [0.15, 0.2) is 6.29 Å². The van der Waals surface area contributed by atoms with E-state index in [2.05, 4.69) is 45.4 Å². The number of hydroxylamine groups is 1. The number of aliphatic hydroxyl groups is 1. The molecule has 2 aliphatic rings. The maximum Gasteiger partial charge on any atom is 0.243 e. The second-order valence-corrected chi connectivity index (χ2v) is 11.5. The van der Waals surface area contributed by atoms with E-state index in [-0.39, 0.29) is 37.6 Å². The van der Waals surface area contributed by atoms with Crippen LogP contribution in [0.1, 0.15) is 60.3 Å². The number of rotatable bonds is 12. The van der Waals surface area contributed by atoms with E-state index in [1.165, 1.54) is 5.56 Å². The van der Waals surface area contributed by atoms with Crippen LogP contribution in [0.2, 0.25) is 0 Å². The van der Waals surface area contributed by atoms with E-state index in [1.54, 1.807) is 5.48 Å². The highest BCUT2D eigenvalue weighted by atomic mass is 16.7. The summed E-state index contributed by atoms with van der Waals surface area (Å²) in [6.45, 7) is 5.75. The van der Waals surface area contributed by atoms with Crippen LogP contribution < -0.4 is 10.8 Å². The average molecular weight is 603 g/mol. The number of carbonyl (C=O) groups excluding carboxylic acids is 2. The second kappa shape index (κ2) is 15.9. The first-order valence-corrected chi connectivity index (χ1v) is 15.3. The Labute approximate surface area is 258 Å². The largest absolute Gasteiger partial charge is 0.392 e. The number of amides is 2. The summed E-state index contributed by atoms with van der Waals surface area (Å²) in [6, 6.07) is 25.9. The van der Waals surface area contributed by atoms with Gasteiger partial charge in [-0.05, 0) is 35.2 Å². The third kappa shape index (κ3) is 9.18. The predicted octanol–water partition coefficient (Wildman–Crippen LogP) is 4.16. The van der Waals surface area contributed by atoms with Crippen LogP contribution in [0.3, 0.4) is 0 Å². The number of anilines is 1. The van der Waals surface area contributed by atoms with E-state index < -0.39 is 12.2 Å². The molecule has 3 unspecified atom stereocenters. The lowest BCUT2D eigenvalue weighted by molar-refractivity contribution is -0.253. The molecular formula is C34H42N4O6. The van der Waals surface area contributed by atoms with Gasteiger partial charge >= 0.3 is 0 Å². The molecule has 3 aromatic rings. The first kappa shape index (κ1) is 31.8. The van der Waals surface area contributed by atoms with Crippen molar-refractivity contribution < 1.29 is 29.4 Å². The lowest BCUT2D eigenvalue weighted by Gasteiger charge is -2.40. The van der Waals surface area contributed by atoms with E-state index in [0.717, 1.165) is 62.4 Å². The number of ether oxygens (including phenoxy) is 2. The molecule has 10 heteroatoms. The summed E-state index contributed by atoms with van der Waals surface area (Å²) in [4.78, 5) is 28.4. The van der Waals surface area contributed by atoms with Crippen molar-refractivity contribution in [2.75, 3.05) is 38.0 Å². The molecule has 234 valence electrons. The minimum absolute atomic E-state index is 0.00268. The number of carbonyl (C=O) groups is 2. The van der Waals surface area contributed by atoms with Gasteiger partial charge in [-0.2, -0.15) is 0 Å². The van der Waals surface area contributed by atoms with Gasteiger partial charge in [-0.25, -0.2) is 5.48 Å². The Hall–Kier alpha value is -3.64. The number of nitrogens with zero attached hydrogens (tertiary/aromatic N) is 2. The van der Waals surface area contributed by atoms with Crippen LogP contribution in [0.5, 0.6) is 0 Å². The summed E-state index contributed by atoms with van der Waals surface area (Å²) < 4.78 is 13.0. The zero-order chi connectivity index (χ0) is 30.7. The molecule has 0 saturated carbocycles. The highest BCUT2D eigenvalue weighted by Gasteiger charge is 2.33. The molecule has 0 bridgehead atoms. The van der Waals surface area contributed by atoms with Crippen LogP contribution in [0.25, 0.3) is 0 Å². The van der Waals surface area contributed by atoms with Crippen LogP contribution in [0, 0.1) is 0 Å². The lowest BCUT2D eigenvalue weighted by atomic mass is 9.99.